The molecule has 0 aliphatic heterocycles. The van der Waals surface area contributed by atoms with Gasteiger partial charge in [-0.15, -0.1) is 0 Å². The average Bonchev–Trinajstić information content (AvgIpc) is 2.52. The van der Waals surface area contributed by atoms with E-state index in [1.807, 2.05) is 0 Å². The van der Waals surface area contributed by atoms with Crippen molar-refractivity contribution in [2.45, 2.75) is 26.3 Å². The second-order valence-corrected chi connectivity index (χ2v) is 5.84. The van der Waals surface area contributed by atoms with Crippen molar-refractivity contribution in [3.05, 3.63) is 29.8 Å². The fourth-order valence-corrected chi connectivity index (χ4v) is 1.46. The van der Waals surface area contributed by atoms with Crippen LogP contribution in [0, 0.1) is 0 Å². The predicted octanol–water partition coefficient (Wildman–Crippen LogP) is 0.603. The average molecular weight is 335 g/mol. The molecule has 0 fully saturated rings. The minimum atomic E-state index is -0.848. The zero-order valence-corrected chi connectivity index (χ0v) is 14.1. The van der Waals surface area contributed by atoms with E-state index in [2.05, 4.69) is 20.6 Å². The van der Waals surface area contributed by atoms with E-state index in [0.717, 1.165) is 0 Å². The Hall–Kier alpha value is -2.90. The van der Waals surface area contributed by atoms with Gasteiger partial charge in [0, 0.05) is 5.54 Å². The summed E-state index contributed by atoms with van der Waals surface area (Å²) in [6.07, 6.45) is 1.38. The monoisotopic (exact) mass is 335 g/mol. The molecule has 0 unspecified atom stereocenters. The highest BCUT2D eigenvalue weighted by Gasteiger charge is 2.19. The van der Waals surface area contributed by atoms with Gasteiger partial charge < -0.3 is 14.8 Å². The Kier molecular flexibility index (Phi) is 6.91. The summed E-state index contributed by atoms with van der Waals surface area (Å²) in [5.41, 5.74) is 2.32. The number of nitrogens with one attached hydrogen (secondary N) is 2. The SMILES string of the molecule is COC(=O)COc1ccc(/C=N\NC(=O)C(=O)NC(C)(C)C)cc1. The molecule has 1 aromatic rings. The van der Waals surface area contributed by atoms with Crippen LogP contribution in [-0.4, -0.2) is 43.3 Å². The maximum absolute atomic E-state index is 11.5. The van der Waals surface area contributed by atoms with Crippen LogP contribution >= 0.6 is 0 Å². The molecular weight excluding hydrogens is 314 g/mol. The molecule has 0 bridgehead atoms. The molecular formula is C16H21N3O5. The van der Waals surface area contributed by atoms with Crippen molar-refractivity contribution < 1.29 is 23.9 Å². The largest absolute Gasteiger partial charge is 0.482 e. The van der Waals surface area contributed by atoms with Gasteiger partial charge in [0.05, 0.1) is 13.3 Å². The fraction of sp³-hybridized carbons (Fsp3) is 0.375. The van der Waals surface area contributed by atoms with E-state index in [1.54, 1.807) is 45.0 Å². The zero-order chi connectivity index (χ0) is 18.2. The zero-order valence-electron chi connectivity index (χ0n) is 14.1. The highest BCUT2D eigenvalue weighted by atomic mass is 16.6. The molecule has 0 aromatic heterocycles. The van der Waals surface area contributed by atoms with E-state index in [9.17, 15) is 14.4 Å². The van der Waals surface area contributed by atoms with Gasteiger partial charge in [-0.3, -0.25) is 9.59 Å². The number of benzene rings is 1. The minimum Gasteiger partial charge on any atom is -0.482 e. The summed E-state index contributed by atoms with van der Waals surface area (Å²) in [6.45, 7) is 5.13. The first kappa shape index (κ1) is 19.1. The van der Waals surface area contributed by atoms with Gasteiger partial charge in [-0.2, -0.15) is 5.10 Å². The Balaban J connectivity index is 2.49. The lowest BCUT2D eigenvalue weighted by Gasteiger charge is -2.19. The van der Waals surface area contributed by atoms with Crippen molar-refractivity contribution in [2.75, 3.05) is 13.7 Å². The molecule has 0 atom stereocenters. The highest BCUT2D eigenvalue weighted by Crippen LogP contribution is 2.11. The van der Waals surface area contributed by atoms with E-state index in [-0.39, 0.29) is 6.61 Å². The summed E-state index contributed by atoms with van der Waals surface area (Å²) in [5, 5.41) is 6.23. The van der Waals surface area contributed by atoms with Crippen LogP contribution in [0.15, 0.2) is 29.4 Å². The van der Waals surface area contributed by atoms with Gasteiger partial charge in [0.1, 0.15) is 5.75 Å². The molecule has 0 spiro atoms. The minimum absolute atomic E-state index is 0.178. The molecule has 24 heavy (non-hydrogen) atoms. The molecule has 8 nitrogen and oxygen atoms in total. The van der Waals surface area contributed by atoms with E-state index in [0.29, 0.717) is 11.3 Å². The summed E-state index contributed by atoms with van der Waals surface area (Å²) in [6, 6.07) is 6.63. The first-order chi connectivity index (χ1) is 11.2. The molecule has 1 aromatic carbocycles. The lowest BCUT2D eigenvalue weighted by molar-refractivity contribution is -0.142. The third kappa shape index (κ3) is 7.39. The molecule has 0 aliphatic rings. The van der Waals surface area contributed by atoms with Gasteiger partial charge in [-0.05, 0) is 50.6 Å². The van der Waals surface area contributed by atoms with Crippen LogP contribution in [0.4, 0.5) is 0 Å². The van der Waals surface area contributed by atoms with Crippen LogP contribution in [0.5, 0.6) is 5.75 Å². The summed E-state index contributed by atoms with van der Waals surface area (Å²) in [7, 11) is 1.28. The van der Waals surface area contributed by atoms with Gasteiger partial charge in [-0.25, -0.2) is 10.2 Å². The number of hydrogen-bond donors (Lipinski definition) is 2. The number of hydrogen-bond acceptors (Lipinski definition) is 6. The molecule has 130 valence electrons. The lowest BCUT2D eigenvalue weighted by Crippen LogP contribution is -2.47. The van der Waals surface area contributed by atoms with E-state index >= 15 is 0 Å². The van der Waals surface area contributed by atoms with Gasteiger partial charge in [0.2, 0.25) is 0 Å². The number of carbonyl (C=O) groups excluding carboxylic acids is 3. The Labute approximate surface area is 140 Å². The maximum atomic E-state index is 11.5. The molecule has 2 amide bonds. The number of nitrogens with zero attached hydrogens (tertiary/aromatic N) is 1. The molecule has 0 radical (unpaired) electrons. The van der Waals surface area contributed by atoms with Gasteiger partial charge in [0.15, 0.2) is 6.61 Å². The fourth-order valence-electron chi connectivity index (χ4n) is 1.46. The molecule has 0 saturated heterocycles. The summed E-state index contributed by atoms with van der Waals surface area (Å²) in [5.74, 6) is -1.59. The van der Waals surface area contributed by atoms with Crippen molar-refractivity contribution >= 4 is 24.0 Å². The van der Waals surface area contributed by atoms with Crippen molar-refractivity contribution in [2.24, 2.45) is 5.10 Å². The van der Waals surface area contributed by atoms with E-state index in [4.69, 9.17) is 4.74 Å². The quantitative estimate of drug-likeness (QED) is 0.355. The van der Waals surface area contributed by atoms with E-state index < -0.39 is 23.3 Å². The number of esters is 1. The summed E-state index contributed by atoms with van der Waals surface area (Å²) in [4.78, 5) is 34.0. The first-order valence-electron chi connectivity index (χ1n) is 7.16. The third-order valence-electron chi connectivity index (χ3n) is 2.54. The Morgan fingerprint density at radius 1 is 1.12 bits per heavy atom. The normalized spacial score (nSPS) is 11.0. The van der Waals surface area contributed by atoms with Crippen molar-refractivity contribution in [1.29, 1.82) is 0 Å². The lowest BCUT2D eigenvalue weighted by atomic mass is 10.1. The maximum Gasteiger partial charge on any atom is 0.343 e. The third-order valence-corrected chi connectivity index (χ3v) is 2.54. The van der Waals surface area contributed by atoms with Crippen LogP contribution in [0.2, 0.25) is 0 Å². The second-order valence-electron chi connectivity index (χ2n) is 5.84. The number of methoxy groups -OCH3 is 1. The molecule has 0 aliphatic carbocycles. The molecule has 1 rings (SSSR count). The van der Waals surface area contributed by atoms with Crippen molar-refractivity contribution in [1.82, 2.24) is 10.7 Å². The Bertz CT molecular complexity index is 618. The first-order valence-corrected chi connectivity index (χ1v) is 7.16. The molecule has 0 saturated carbocycles. The van der Waals surface area contributed by atoms with Gasteiger partial charge >= 0.3 is 17.8 Å². The standard InChI is InChI=1S/C16H21N3O5/c1-16(2,3)18-14(21)15(22)19-17-9-11-5-7-12(8-6-11)24-10-13(20)23-4/h5-9H,10H2,1-4H3,(H,18,21)(H,19,22)/b17-9-. The van der Waals surface area contributed by atoms with Gasteiger partial charge in [0.25, 0.3) is 0 Å². The van der Waals surface area contributed by atoms with Crippen LogP contribution in [0.3, 0.4) is 0 Å². The van der Waals surface area contributed by atoms with Gasteiger partial charge in [-0.1, -0.05) is 0 Å². The van der Waals surface area contributed by atoms with Crippen molar-refractivity contribution in [3.63, 3.8) is 0 Å². The van der Waals surface area contributed by atoms with E-state index in [1.165, 1.54) is 13.3 Å². The van der Waals surface area contributed by atoms with Crippen molar-refractivity contribution in [3.8, 4) is 5.75 Å². The van der Waals surface area contributed by atoms with Crippen LogP contribution < -0.4 is 15.5 Å². The number of hydrazone groups is 1. The van der Waals surface area contributed by atoms with Crippen LogP contribution in [0.25, 0.3) is 0 Å². The number of ether oxygens (including phenoxy) is 2. The summed E-state index contributed by atoms with van der Waals surface area (Å²) >= 11 is 0. The number of rotatable bonds is 5. The summed E-state index contributed by atoms with van der Waals surface area (Å²) < 4.78 is 9.66. The second kappa shape index (κ2) is 8.66. The number of amides is 2. The molecule has 8 heteroatoms. The molecule has 0 heterocycles. The predicted molar refractivity (Wildman–Crippen MR) is 87.6 cm³/mol. The highest BCUT2D eigenvalue weighted by molar-refractivity contribution is 6.35. The Morgan fingerprint density at radius 3 is 2.29 bits per heavy atom. The number of carbonyl (C=O) groups is 3. The topological polar surface area (TPSA) is 106 Å². The molecule has 2 N–H and O–H groups in total. The van der Waals surface area contributed by atoms with Crippen LogP contribution in [-0.2, 0) is 19.1 Å². The van der Waals surface area contributed by atoms with Crippen LogP contribution in [0.1, 0.15) is 26.3 Å². The smallest absolute Gasteiger partial charge is 0.343 e. The Morgan fingerprint density at radius 2 is 1.75 bits per heavy atom.